The van der Waals surface area contributed by atoms with Gasteiger partial charge in [0.25, 0.3) is 0 Å². The van der Waals surface area contributed by atoms with E-state index in [1.807, 2.05) is 0 Å². The van der Waals surface area contributed by atoms with Crippen LogP contribution < -0.4 is 0 Å². The van der Waals surface area contributed by atoms with Gasteiger partial charge in [-0.15, -0.1) is 0 Å². The van der Waals surface area contributed by atoms with E-state index < -0.39 is 43.4 Å². The molecule has 1 saturated heterocycles. The first-order chi connectivity index (χ1) is 28.9. The fraction of sp³-hybridized carbons (Fsp3) is 0.740. The van der Waals surface area contributed by atoms with E-state index >= 15 is 0 Å². The molecule has 0 saturated carbocycles. The third-order valence-electron chi connectivity index (χ3n) is 10.4. The molecule has 6 atom stereocenters. The lowest BCUT2D eigenvalue weighted by molar-refractivity contribution is -0.305. The van der Waals surface area contributed by atoms with Crippen molar-refractivity contribution in [2.75, 3.05) is 26.4 Å². The first-order valence-electron chi connectivity index (χ1n) is 23.5. The topological polar surface area (TPSA) is 135 Å². The van der Waals surface area contributed by atoms with Crippen LogP contribution in [0.25, 0.3) is 0 Å². The highest BCUT2D eigenvalue weighted by atomic mass is 16.7. The van der Waals surface area contributed by atoms with E-state index in [1.165, 1.54) is 64.2 Å². The molecule has 1 aliphatic heterocycles. The number of carbonyl (C=O) groups is 1. The van der Waals surface area contributed by atoms with E-state index in [-0.39, 0.29) is 19.2 Å². The van der Waals surface area contributed by atoms with Crippen molar-refractivity contribution in [3.8, 4) is 0 Å². The van der Waals surface area contributed by atoms with Gasteiger partial charge in [0, 0.05) is 13.0 Å². The van der Waals surface area contributed by atoms with Gasteiger partial charge in [-0.3, -0.25) is 4.79 Å². The van der Waals surface area contributed by atoms with Crippen LogP contribution in [0.3, 0.4) is 0 Å². The normalized spacial score (nSPS) is 20.8. The Morgan fingerprint density at radius 1 is 0.559 bits per heavy atom. The number of hydrogen-bond donors (Lipinski definition) is 4. The monoisotopic (exact) mass is 831 g/mol. The van der Waals surface area contributed by atoms with Crippen LogP contribution in [0.2, 0.25) is 0 Å². The maximum Gasteiger partial charge on any atom is 0.306 e. The van der Waals surface area contributed by atoms with E-state index in [2.05, 4.69) is 86.8 Å². The maximum atomic E-state index is 12.8. The highest BCUT2D eigenvalue weighted by Crippen LogP contribution is 2.22. The maximum absolute atomic E-state index is 12.8. The van der Waals surface area contributed by atoms with Crippen molar-refractivity contribution in [3.05, 3.63) is 72.9 Å². The lowest BCUT2D eigenvalue weighted by Crippen LogP contribution is -2.59. The molecule has 9 nitrogen and oxygen atoms in total. The molecule has 0 aromatic carbocycles. The van der Waals surface area contributed by atoms with Crippen molar-refractivity contribution in [1.29, 1.82) is 0 Å². The first-order valence-corrected chi connectivity index (χ1v) is 23.5. The molecule has 6 unspecified atom stereocenters. The smallest absolute Gasteiger partial charge is 0.306 e. The summed E-state index contributed by atoms with van der Waals surface area (Å²) in [7, 11) is 0. The molecule has 1 heterocycles. The van der Waals surface area contributed by atoms with Crippen LogP contribution in [0.15, 0.2) is 72.9 Å². The predicted octanol–water partition coefficient (Wildman–Crippen LogP) is 10.9. The van der Waals surface area contributed by atoms with Gasteiger partial charge in [0.2, 0.25) is 0 Å². The summed E-state index contributed by atoms with van der Waals surface area (Å²) in [5, 5.41) is 40.2. The highest BCUT2D eigenvalue weighted by Gasteiger charge is 2.44. The molecule has 9 heteroatoms. The highest BCUT2D eigenvalue weighted by molar-refractivity contribution is 5.69. The number of unbranched alkanes of at least 4 members (excludes halogenated alkanes) is 16. The SMILES string of the molecule is CC/C=C\C/C=C\C/C=C\C/C=C\CCCCCCCCC(=O)OC(COCCCCCCCC/C=C\C/C=C\CCCCCC)COC1OC(CO)C(O)C(O)C1O. The van der Waals surface area contributed by atoms with Gasteiger partial charge in [0.1, 0.15) is 30.5 Å². The van der Waals surface area contributed by atoms with E-state index in [9.17, 15) is 25.2 Å². The molecule has 0 spiro atoms. The molecule has 340 valence electrons. The van der Waals surface area contributed by atoms with Gasteiger partial charge in [-0.1, -0.05) is 157 Å². The van der Waals surface area contributed by atoms with Crippen LogP contribution >= 0.6 is 0 Å². The third-order valence-corrected chi connectivity index (χ3v) is 10.4. The van der Waals surface area contributed by atoms with Crippen LogP contribution in [-0.2, 0) is 23.7 Å². The van der Waals surface area contributed by atoms with Crippen molar-refractivity contribution >= 4 is 5.97 Å². The van der Waals surface area contributed by atoms with Gasteiger partial charge in [0.05, 0.1) is 19.8 Å². The molecule has 4 N–H and O–H groups in total. The van der Waals surface area contributed by atoms with Gasteiger partial charge >= 0.3 is 5.97 Å². The average molecular weight is 831 g/mol. The molecule has 1 fully saturated rings. The summed E-state index contributed by atoms with van der Waals surface area (Å²) in [5.41, 5.74) is 0. The molecule has 1 rings (SSSR count). The van der Waals surface area contributed by atoms with E-state index in [0.717, 1.165) is 89.9 Å². The molecule has 59 heavy (non-hydrogen) atoms. The second-order valence-corrected chi connectivity index (χ2v) is 15.8. The Labute approximate surface area is 359 Å². The number of aliphatic hydroxyl groups is 4. The van der Waals surface area contributed by atoms with E-state index in [4.69, 9.17) is 18.9 Å². The minimum atomic E-state index is -1.54. The van der Waals surface area contributed by atoms with Crippen molar-refractivity contribution < 1.29 is 44.2 Å². The Balaban J connectivity index is 2.28. The fourth-order valence-corrected chi connectivity index (χ4v) is 6.69. The predicted molar refractivity (Wildman–Crippen MR) is 242 cm³/mol. The standard InChI is InChI=1S/C50H86O9/c1-3-5-7-9-11-13-15-17-19-21-22-23-25-27-29-31-33-35-37-39-46(52)58-44(43-57-50-49(55)48(54)47(53)45(41-51)59-50)42-56-40-38-36-34-32-30-28-26-24-20-18-16-14-12-10-8-6-4-2/h5,7,11,13-14,16-17,19-20,22-24,44-45,47-51,53-55H,3-4,6,8-10,12,15,18,21,25-43H2,1-2H3/b7-5-,13-11-,16-14-,19-17-,23-22-,24-20-. The molecular formula is C50H86O9. The number of aliphatic hydroxyl groups excluding tert-OH is 4. The zero-order valence-electron chi connectivity index (χ0n) is 37.2. The molecule has 0 amide bonds. The summed E-state index contributed by atoms with van der Waals surface area (Å²) in [5.74, 6) is -0.334. The molecule has 0 radical (unpaired) electrons. The largest absolute Gasteiger partial charge is 0.457 e. The van der Waals surface area contributed by atoms with Crippen LogP contribution in [0.5, 0.6) is 0 Å². The van der Waals surface area contributed by atoms with E-state index in [1.54, 1.807) is 0 Å². The molecule has 0 bridgehead atoms. The number of ether oxygens (including phenoxy) is 4. The van der Waals surface area contributed by atoms with Gasteiger partial charge in [-0.2, -0.15) is 0 Å². The Morgan fingerprint density at radius 3 is 1.56 bits per heavy atom. The Morgan fingerprint density at radius 2 is 1.03 bits per heavy atom. The summed E-state index contributed by atoms with van der Waals surface area (Å²) in [4.78, 5) is 12.8. The van der Waals surface area contributed by atoms with Gasteiger partial charge < -0.3 is 39.4 Å². The van der Waals surface area contributed by atoms with Crippen molar-refractivity contribution in [2.24, 2.45) is 0 Å². The molecule has 0 aromatic heterocycles. The summed E-state index contributed by atoms with van der Waals surface area (Å²) in [6.45, 7) is 4.38. The average Bonchev–Trinajstić information content (AvgIpc) is 3.24. The first kappa shape index (κ1) is 54.6. The van der Waals surface area contributed by atoms with Crippen molar-refractivity contribution in [1.82, 2.24) is 0 Å². The number of hydrogen-bond acceptors (Lipinski definition) is 9. The summed E-state index contributed by atoms with van der Waals surface area (Å²) in [6, 6.07) is 0. The molecule has 1 aliphatic rings. The Hall–Kier alpha value is -2.37. The Bertz CT molecular complexity index is 1130. The zero-order chi connectivity index (χ0) is 42.9. The quantitative estimate of drug-likeness (QED) is 0.0271. The molecule has 0 aromatic rings. The zero-order valence-corrected chi connectivity index (χ0v) is 37.2. The molecule has 0 aliphatic carbocycles. The van der Waals surface area contributed by atoms with Gasteiger partial charge in [0.15, 0.2) is 6.29 Å². The minimum Gasteiger partial charge on any atom is -0.457 e. The second-order valence-electron chi connectivity index (χ2n) is 15.8. The minimum absolute atomic E-state index is 0.127. The second kappa shape index (κ2) is 41.0. The van der Waals surface area contributed by atoms with Crippen LogP contribution in [0, 0.1) is 0 Å². The summed E-state index contributed by atoms with van der Waals surface area (Å²) >= 11 is 0. The molecular weight excluding hydrogens is 745 g/mol. The number of rotatable bonds is 39. The lowest BCUT2D eigenvalue weighted by Gasteiger charge is -2.39. The number of esters is 1. The van der Waals surface area contributed by atoms with Gasteiger partial charge in [-0.25, -0.2) is 0 Å². The summed E-state index contributed by atoms with van der Waals surface area (Å²) in [6.07, 6.45) is 46.3. The number of allylic oxidation sites excluding steroid dienone is 12. The lowest BCUT2D eigenvalue weighted by atomic mass is 9.99. The van der Waals surface area contributed by atoms with Crippen LogP contribution in [0.1, 0.15) is 174 Å². The number of carbonyl (C=O) groups excluding carboxylic acids is 1. The third kappa shape index (κ3) is 32.1. The van der Waals surface area contributed by atoms with Gasteiger partial charge in [-0.05, 0) is 83.5 Å². The fourth-order valence-electron chi connectivity index (χ4n) is 6.69. The van der Waals surface area contributed by atoms with Crippen molar-refractivity contribution in [3.63, 3.8) is 0 Å². The van der Waals surface area contributed by atoms with Crippen LogP contribution in [0.4, 0.5) is 0 Å². The van der Waals surface area contributed by atoms with Crippen LogP contribution in [-0.4, -0.2) is 89.6 Å². The summed E-state index contributed by atoms with van der Waals surface area (Å²) < 4.78 is 22.8. The van der Waals surface area contributed by atoms with E-state index in [0.29, 0.717) is 13.0 Å². The van der Waals surface area contributed by atoms with Crippen molar-refractivity contribution in [2.45, 2.75) is 211 Å². The Kier molecular flexibility index (Phi) is 38.0.